The van der Waals surface area contributed by atoms with Gasteiger partial charge in [-0.3, -0.25) is 4.79 Å². The van der Waals surface area contributed by atoms with Crippen LogP contribution >= 0.6 is 11.8 Å². The first-order valence-corrected chi connectivity index (χ1v) is 7.76. The number of anilines is 2. The number of thioether (sulfide) groups is 1. The fourth-order valence-corrected chi connectivity index (χ4v) is 2.90. The Hall–Kier alpha value is -1.94. The summed E-state index contributed by atoms with van der Waals surface area (Å²) in [4.78, 5) is 15.6. The Morgan fingerprint density at radius 3 is 2.65 bits per heavy atom. The van der Waals surface area contributed by atoms with Crippen molar-refractivity contribution < 1.29 is 4.79 Å². The van der Waals surface area contributed by atoms with Gasteiger partial charge >= 0.3 is 0 Å². The molecule has 0 aromatic heterocycles. The molecular weight excluding hydrogens is 268 g/mol. The molecule has 0 aliphatic carbocycles. The normalized spacial score (nSPS) is 13.3. The number of carbonyl (C=O) groups excluding carboxylic acids is 1. The summed E-state index contributed by atoms with van der Waals surface area (Å²) in [6.45, 7) is 0.724. The summed E-state index contributed by atoms with van der Waals surface area (Å²) in [6, 6.07) is 13.5. The molecule has 1 heterocycles. The van der Waals surface area contributed by atoms with E-state index < -0.39 is 0 Å². The Bertz CT molecular complexity index is 652. The van der Waals surface area contributed by atoms with Gasteiger partial charge in [0, 0.05) is 28.4 Å². The number of nitrogens with zero attached hydrogens (tertiary/aromatic N) is 1. The summed E-state index contributed by atoms with van der Waals surface area (Å²) >= 11 is 1.67. The smallest absolute Gasteiger partial charge is 0.258 e. The molecule has 0 atom stereocenters. The van der Waals surface area contributed by atoms with Crippen molar-refractivity contribution in [2.24, 2.45) is 0 Å². The second-order valence-electron chi connectivity index (χ2n) is 4.82. The maximum Gasteiger partial charge on any atom is 0.258 e. The van der Waals surface area contributed by atoms with Crippen molar-refractivity contribution in [2.75, 3.05) is 23.4 Å². The lowest BCUT2D eigenvalue weighted by atomic mass is 10.1. The van der Waals surface area contributed by atoms with Crippen LogP contribution in [0.1, 0.15) is 15.9 Å². The van der Waals surface area contributed by atoms with Gasteiger partial charge in [0.2, 0.25) is 0 Å². The maximum absolute atomic E-state index is 12.6. The van der Waals surface area contributed by atoms with Crippen molar-refractivity contribution in [1.29, 1.82) is 0 Å². The topological polar surface area (TPSA) is 46.3 Å². The minimum atomic E-state index is 0.0435. The molecule has 0 radical (unpaired) electrons. The fraction of sp³-hybridized carbons (Fsp3) is 0.188. The van der Waals surface area contributed by atoms with Crippen LogP contribution < -0.4 is 10.6 Å². The third kappa shape index (κ3) is 2.27. The van der Waals surface area contributed by atoms with Crippen molar-refractivity contribution in [3.8, 4) is 0 Å². The van der Waals surface area contributed by atoms with Gasteiger partial charge in [0.15, 0.2) is 0 Å². The number of benzene rings is 2. The molecule has 1 aliphatic heterocycles. The van der Waals surface area contributed by atoms with E-state index in [1.54, 1.807) is 11.8 Å². The Kier molecular flexibility index (Phi) is 3.40. The van der Waals surface area contributed by atoms with Crippen molar-refractivity contribution in [3.63, 3.8) is 0 Å². The highest BCUT2D eigenvalue weighted by Crippen LogP contribution is 2.31. The number of hydrogen-bond donors (Lipinski definition) is 1. The number of rotatable bonds is 2. The second kappa shape index (κ2) is 5.21. The first-order chi connectivity index (χ1) is 9.69. The van der Waals surface area contributed by atoms with Crippen molar-refractivity contribution in [3.05, 3.63) is 53.6 Å². The van der Waals surface area contributed by atoms with Gasteiger partial charge in [-0.05, 0) is 54.6 Å². The Morgan fingerprint density at radius 1 is 1.20 bits per heavy atom. The summed E-state index contributed by atoms with van der Waals surface area (Å²) in [6.07, 6.45) is 2.92. The maximum atomic E-state index is 12.6. The minimum absolute atomic E-state index is 0.0435. The lowest BCUT2D eigenvalue weighted by molar-refractivity contribution is 0.0989. The van der Waals surface area contributed by atoms with Crippen LogP contribution in [-0.2, 0) is 6.42 Å². The van der Waals surface area contributed by atoms with Gasteiger partial charge < -0.3 is 10.6 Å². The monoisotopic (exact) mass is 284 g/mol. The number of hydrogen-bond acceptors (Lipinski definition) is 3. The van der Waals surface area contributed by atoms with Gasteiger partial charge in [0.25, 0.3) is 5.91 Å². The predicted octanol–water partition coefficient (Wildman–Crippen LogP) is 3.19. The molecule has 1 amide bonds. The molecule has 2 N–H and O–H groups in total. The lowest BCUT2D eigenvalue weighted by Crippen LogP contribution is -2.28. The van der Waals surface area contributed by atoms with E-state index in [0.29, 0.717) is 5.69 Å². The quantitative estimate of drug-likeness (QED) is 0.680. The van der Waals surface area contributed by atoms with Gasteiger partial charge in [-0.25, -0.2) is 0 Å². The zero-order chi connectivity index (χ0) is 14.1. The van der Waals surface area contributed by atoms with E-state index in [2.05, 4.69) is 0 Å². The molecule has 0 fully saturated rings. The summed E-state index contributed by atoms with van der Waals surface area (Å²) in [5.74, 6) is 0.0435. The lowest BCUT2D eigenvalue weighted by Gasteiger charge is -2.18. The second-order valence-corrected chi connectivity index (χ2v) is 5.70. The van der Waals surface area contributed by atoms with Gasteiger partial charge in [-0.15, -0.1) is 11.8 Å². The van der Waals surface area contributed by atoms with Gasteiger partial charge in [-0.2, -0.15) is 0 Å². The molecule has 4 heteroatoms. The van der Waals surface area contributed by atoms with Gasteiger partial charge in [0.1, 0.15) is 0 Å². The van der Waals surface area contributed by atoms with Crippen LogP contribution in [0.3, 0.4) is 0 Å². The molecule has 1 aliphatic rings. The van der Waals surface area contributed by atoms with Crippen LogP contribution in [-0.4, -0.2) is 18.7 Å². The van der Waals surface area contributed by atoms with E-state index in [1.165, 1.54) is 5.56 Å². The Balaban J connectivity index is 1.91. The van der Waals surface area contributed by atoms with E-state index in [0.717, 1.165) is 29.1 Å². The Morgan fingerprint density at radius 2 is 1.95 bits per heavy atom. The predicted molar refractivity (Wildman–Crippen MR) is 84.5 cm³/mol. The largest absolute Gasteiger partial charge is 0.399 e. The summed E-state index contributed by atoms with van der Waals surface area (Å²) in [7, 11) is 0. The van der Waals surface area contributed by atoms with Crippen molar-refractivity contribution in [1.82, 2.24) is 0 Å². The molecule has 2 aromatic rings. The van der Waals surface area contributed by atoms with Gasteiger partial charge in [0.05, 0.1) is 0 Å². The minimum Gasteiger partial charge on any atom is -0.399 e. The molecule has 2 aromatic carbocycles. The van der Waals surface area contributed by atoms with Crippen LogP contribution in [0.15, 0.2) is 47.4 Å². The third-order valence-corrected chi connectivity index (χ3v) is 4.33. The summed E-state index contributed by atoms with van der Waals surface area (Å²) in [5.41, 5.74) is 9.38. The third-order valence-electron chi connectivity index (χ3n) is 3.59. The number of nitrogens with two attached hydrogens (primary N) is 1. The van der Waals surface area contributed by atoms with Crippen LogP contribution in [0.4, 0.5) is 11.4 Å². The molecule has 3 nitrogen and oxygen atoms in total. The zero-order valence-corrected chi connectivity index (χ0v) is 12.1. The average Bonchev–Trinajstić information content (AvgIpc) is 2.89. The number of amides is 1. The first kappa shape index (κ1) is 13.1. The first-order valence-electron chi connectivity index (χ1n) is 6.53. The van der Waals surface area contributed by atoms with E-state index >= 15 is 0 Å². The van der Waals surface area contributed by atoms with E-state index in [4.69, 9.17) is 5.73 Å². The van der Waals surface area contributed by atoms with Crippen molar-refractivity contribution >= 4 is 29.0 Å². The molecule has 0 bridgehead atoms. The molecule has 102 valence electrons. The van der Waals surface area contributed by atoms with Crippen LogP contribution in [0.5, 0.6) is 0 Å². The SMILES string of the molecule is CSc1ccc(C(=O)N2CCc3ccc(N)cc32)cc1. The number of carbonyl (C=O) groups is 1. The summed E-state index contributed by atoms with van der Waals surface area (Å²) in [5, 5.41) is 0. The van der Waals surface area contributed by atoms with Crippen LogP contribution in [0, 0.1) is 0 Å². The molecular formula is C16H16N2OS. The molecule has 0 spiro atoms. The highest BCUT2D eigenvalue weighted by atomic mass is 32.2. The van der Waals surface area contributed by atoms with E-state index in [1.807, 2.05) is 53.6 Å². The standard InChI is InChI=1S/C16H16N2OS/c1-20-14-6-3-12(4-7-14)16(19)18-9-8-11-2-5-13(17)10-15(11)18/h2-7,10H,8-9,17H2,1H3. The number of fused-ring (bicyclic) bond motifs is 1. The number of nitrogen functional groups attached to an aromatic ring is 1. The highest BCUT2D eigenvalue weighted by molar-refractivity contribution is 7.98. The molecule has 20 heavy (non-hydrogen) atoms. The van der Waals surface area contributed by atoms with Crippen LogP contribution in [0.25, 0.3) is 0 Å². The van der Waals surface area contributed by atoms with E-state index in [-0.39, 0.29) is 5.91 Å². The van der Waals surface area contributed by atoms with E-state index in [9.17, 15) is 4.79 Å². The molecule has 0 saturated carbocycles. The van der Waals surface area contributed by atoms with Crippen molar-refractivity contribution in [2.45, 2.75) is 11.3 Å². The summed E-state index contributed by atoms with van der Waals surface area (Å²) < 4.78 is 0. The highest BCUT2D eigenvalue weighted by Gasteiger charge is 2.25. The molecule has 0 saturated heterocycles. The average molecular weight is 284 g/mol. The zero-order valence-electron chi connectivity index (χ0n) is 11.3. The molecule has 0 unspecified atom stereocenters. The van der Waals surface area contributed by atoms with Crippen LogP contribution in [0.2, 0.25) is 0 Å². The van der Waals surface area contributed by atoms with Gasteiger partial charge in [-0.1, -0.05) is 6.07 Å². The molecule has 3 rings (SSSR count). The Labute approximate surface area is 122 Å². The fourth-order valence-electron chi connectivity index (χ4n) is 2.50.